The fourth-order valence-electron chi connectivity index (χ4n) is 2.41. The maximum atomic E-state index is 4.46. The van der Waals surface area contributed by atoms with Gasteiger partial charge in [0.05, 0.1) is 6.20 Å². The van der Waals surface area contributed by atoms with E-state index < -0.39 is 0 Å². The van der Waals surface area contributed by atoms with Crippen LogP contribution in [-0.2, 0) is 6.54 Å². The number of aryl methyl sites for hydroxylation is 3. The molecule has 1 heterocycles. The first kappa shape index (κ1) is 15.9. The van der Waals surface area contributed by atoms with Crippen molar-refractivity contribution in [2.45, 2.75) is 27.3 Å². The van der Waals surface area contributed by atoms with E-state index in [4.69, 9.17) is 0 Å². The van der Waals surface area contributed by atoms with Crippen molar-refractivity contribution in [1.29, 1.82) is 0 Å². The highest BCUT2D eigenvalue weighted by atomic mass is 15.3. The van der Waals surface area contributed by atoms with Crippen molar-refractivity contribution < 1.29 is 0 Å². The van der Waals surface area contributed by atoms with Crippen LogP contribution in [0.15, 0.2) is 48.7 Å². The van der Waals surface area contributed by atoms with Gasteiger partial charge < -0.3 is 10.6 Å². The first-order valence-electron chi connectivity index (χ1n) is 7.93. The number of aromatic nitrogens is 3. The van der Waals surface area contributed by atoms with Crippen molar-refractivity contribution >= 4 is 17.5 Å². The fourth-order valence-corrected chi connectivity index (χ4v) is 2.41. The minimum absolute atomic E-state index is 0.505. The predicted molar refractivity (Wildman–Crippen MR) is 97.5 cm³/mol. The van der Waals surface area contributed by atoms with E-state index in [0.717, 1.165) is 5.69 Å². The quantitative estimate of drug-likeness (QED) is 0.739. The van der Waals surface area contributed by atoms with Crippen LogP contribution in [0.2, 0.25) is 0 Å². The van der Waals surface area contributed by atoms with Crippen LogP contribution >= 0.6 is 0 Å². The zero-order valence-electron chi connectivity index (χ0n) is 14.2. The molecule has 24 heavy (non-hydrogen) atoms. The maximum absolute atomic E-state index is 4.46. The zero-order valence-corrected chi connectivity index (χ0v) is 14.2. The van der Waals surface area contributed by atoms with Gasteiger partial charge in [-0.05, 0) is 49.6 Å². The third-order valence-corrected chi connectivity index (χ3v) is 3.87. The second-order valence-electron chi connectivity index (χ2n) is 5.93. The molecule has 0 aliphatic heterocycles. The average molecular weight is 319 g/mol. The summed E-state index contributed by atoms with van der Waals surface area (Å²) in [6.07, 6.45) is 1.62. The summed E-state index contributed by atoms with van der Waals surface area (Å²) < 4.78 is 0. The monoisotopic (exact) mass is 319 g/mol. The molecule has 1 aromatic heterocycles. The summed E-state index contributed by atoms with van der Waals surface area (Å²) in [5, 5.41) is 14.5. The molecule has 0 unspecified atom stereocenters. The topological polar surface area (TPSA) is 62.7 Å². The lowest BCUT2D eigenvalue weighted by molar-refractivity contribution is 0.948. The molecule has 2 N–H and O–H groups in total. The van der Waals surface area contributed by atoms with Crippen LogP contribution in [0.3, 0.4) is 0 Å². The van der Waals surface area contributed by atoms with Gasteiger partial charge in [-0.15, -0.1) is 5.10 Å². The van der Waals surface area contributed by atoms with Gasteiger partial charge in [-0.1, -0.05) is 35.9 Å². The number of nitrogens with one attached hydrogen (secondary N) is 2. The van der Waals surface area contributed by atoms with E-state index in [-0.39, 0.29) is 0 Å². The van der Waals surface area contributed by atoms with E-state index in [1.165, 1.54) is 22.3 Å². The van der Waals surface area contributed by atoms with Crippen molar-refractivity contribution in [3.8, 4) is 0 Å². The Bertz CT molecular complexity index is 845. The lowest BCUT2D eigenvalue weighted by Crippen LogP contribution is -2.06. The summed E-state index contributed by atoms with van der Waals surface area (Å²) >= 11 is 0. The Morgan fingerprint density at radius 2 is 1.83 bits per heavy atom. The van der Waals surface area contributed by atoms with Crippen LogP contribution in [0.4, 0.5) is 17.5 Å². The Morgan fingerprint density at radius 3 is 2.62 bits per heavy atom. The van der Waals surface area contributed by atoms with E-state index in [0.29, 0.717) is 18.3 Å². The van der Waals surface area contributed by atoms with Crippen LogP contribution < -0.4 is 10.6 Å². The van der Waals surface area contributed by atoms with Gasteiger partial charge in [-0.25, -0.2) is 0 Å². The highest BCUT2D eigenvalue weighted by Gasteiger charge is 2.03. The van der Waals surface area contributed by atoms with Gasteiger partial charge in [-0.3, -0.25) is 0 Å². The van der Waals surface area contributed by atoms with Gasteiger partial charge in [0, 0.05) is 12.2 Å². The molecule has 3 rings (SSSR count). The van der Waals surface area contributed by atoms with E-state index in [2.05, 4.69) is 76.9 Å². The summed E-state index contributed by atoms with van der Waals surface area (Å²) in [5.41, 5.74) is 5.91. The van der Waals surface area contributed by atoms with E-state index >= 15 is 0 Å². The van der Waals surface area contributed by atoms with Gasteiger partial charge in [0.2, 0.25) is 5.95 Å². The van der Waals surface area contributed by atoms with Crippen molar-refractivity contribution in [1.82, 2.24) is 15.2 Å². The molecule has 2 aromatic carbocycles. The number of anilines is 3. The second kappa shape index (κ2) is 7.08. The normalized spacial score (nSPS) is 10.5. The lowest BCUT2D eigenvalue weighted by atomic mass is 10.1. The fraction of sp³-hybridized carbons (Fsp3) is 0.211. The van der Waals surface area contributed by atoms with Crippen LogP contribution in [0.25, 0.3) is 0 Å². The SMILES string of the molecule is Cc1cccc(CNc2nncc(Nc3ccc(C)c(C)c3)n2)c1. The van der Waals surface area contributed by atoms with E-state index in [1.54, 1.807) is 6.20 Å². The molecule has 3 aromatic rings. The largest absolute Gasteiger partial charge is 0.349 e. The Labute approximate surface area is 142 Å². The van der Waals surface area contributed by atoms with E-state index in [1.807, 2.05) is 12.1 Å². The smallest absolute Gasteiger partial charge is 0.244 e. The van der Waals surface area contributed by atoms with Crippen molar-refractivity contribution in [3.05, 3.63) is 70.9 Å². The third kappa shape index (κ3) is 4.07. The van der Waals surface area contributed by atoms with Gasteiger partial charge in [0.25, 0.3) is 0 Å². The summed E-state index contributed by atoms with van der Waals surface area (Å²) in [5.74, 6) is 1.17. The van der Waals surface area contributed by atoms with Crippen molar-refractivity contribution in [2.75, 3.05) is 10.6 Å². The third-order valence-electron chi connectivity index (χ3n) is 3.87. The number of benzene rings is 2. The molecule has 5 heteroatoms. The standard InChI is InChI=1S/C19H21N5/c1-13-5-4-6-16(9-13)11-20-19-23-18(12-21-24-19)22-17-8-7-14(2)15(3)10-17/h4-10,12H,11H2,1-3H3,(H2,20,22,23,24). The molecule has 0 radical (unpaired) electrons. The molecular formula is C19H21N5. The molecule has 0 fully saturated rings. The molecule has 0 saturated heterocycles. The molecule has 0 aliphatic carbocycles. The van der Waals surface area contributed by atoms with Gasteiger partial charge in [-0.2, -0.15) is 10.1 Å². The number of rotatable bonds is 5. The van der Waals surface area contributed by atoms with Gasteiger partial charge in [0.15, 0.2) is 5.82 Å². The molecule has 0 bridgehead atoms. The van der Waals surface area contributed by atoms with Crippen LogP contribution in [-0.4, -0.2) is 15.2 Å². The first-order valence-corrected chi connectivity index (χ1v) is 7.93. The van der Waals surface area contributed by atoms with Gasteiger partial charge >= 0.3 is 0 Å². The van der Waals surface area contributed by atoms with Crippen LogP contribution in [0.1, 0.15) is 22.3 Å². The zero-order chi connectivity index (χ0) is 16.9. The average Bonchev–Trinajstić information content (AvgIpc) is 2.57. The van der Waals surface area contributed by atoms with Crippen LogP contribution in [0, 0.1) is 20.8 Å². The Morgan fingerprint density at radius 1 is 0.958 bits per heavy atom. The summed E-state index contributed by atoms with van der Waals surface area (Å²) in [4.78, 5) is 4.46. The van der Waals surface area contributed by atoms with Gasteiger partial charge in [0.1, 0.15) is 0 Å². The Balaban J connectivity index is 1.68. The molecule has 0 aliphatic rings. The van der Waals surface area contributed by atoms with E-state index in [9.17, 15) is 0 Å². The number of nitrogens with zero attached hydrogens (tertiary/aromatic N) is 3. The summed E-state index contributed by atoms with van der Waals surface area (Å²) in [6, 6.07) is 14.5. The molecule has 0 amide bonds. The predicted octanol–water partition coefficient (Wildman–Crippen LogP) is 4.15. The molecule has 0 atom stereocenters. The minimum atomic E-state index is 0.505. The Kier molecular flexibility index (Phi) is 4.70. The van der Waals surface area contributed by atoms with Crippen molar-refractivity contribution in [2.24, 2.45) is 0 Å². The van der Waals surface area contributed by atoms with Crippen LogP contribution in [0.5, 0.6) is 0 Å². The van der Waals surface area contributed by atoms with Crippen molar-refractivity contribution in [3.63, 3.8) is 0 Å². The highest BCUT2D eigenvalue weighted by Crippen LogP contribution is 2.18. The lowest BCUT2D eigenvalue weighted by Gasteiger charge is -2.09. The highest BCUT2D eigenvalue weighted by molar-refractivity contribution is 5.58. The molecule has 0 saturated carbocycles. The first-order chi connectivity index (χ1) is 11.6. The maximum Gasteiger partial charge on any atom is 0.244 e. The number of hydrogen-bond acceptors (Lipinski definition) is 5. The minimum Gasteiger partial charge on any atom is -0.349 e. The molecule has 5 nitrogen and oxygen atoms in total. The molecule has 122 valence electrons. The molecular weight excluding hydrogens is 298 g/mol. The molecule has 0 spiro atoms. The Hall–Kier alpha value is -2.95. The number of hydrogen-bond donors (Lipinski definition) is 2. The summed E-state index contributed by atoms with van der Waals surface area (Å²) in [6.45, 7) is 6.93. The second-order valence-corrected chi connectivity index (χ2v) is 5.93. The summed E-state index contributed by atoms with van der Waals surface area (Å²) in [7, 11) is 0.